The van der Waals surface area contributed by atoms with Gasteiger partial charge in [0.1, 0.15) is 17.0 Å². The lowest BCUT2D eigenvalue weighted by Crippen LogP contribution is -2.45. The Morgan fingerprint density at radius 3 is 1.97 bits per heavy atom. The van der Waals surface area contributed by atoms with Crippen LogP contribution in [-0.4, -0.2) is 52.2 Å². The summed E-state index contributed by atoms with van der Waals surface area (Å²) in [7, 11) is 0. The Bertz CT molecular complexity index is 1080. The van der Waals surface area contributed by atoms with Gasteiger partial charge in [0.25, 0.3) is 5.91 Å². The molecule has 0 atom stereocenters. The van der Waals surface area contributed by atoms with Gasteiger partial charge in [-0.05, 0) is 50.7 Å². The molecule has 1 aromatic carbocycles. The van der Waals surface area contributed by atoms with Crippen LogP contribution in [0.5, 0.6) is 0 Å². The molecule has 0 saturated carbocycles. The van der Waals surface area contributed by atoms with Gasteiger partial charge in [-0.2, -0.15) is 0 Å². The number of benzene rings is 1. The van der Waals surface area contributed by atoms with Crippen molar-refractivity contribution in [1.82, 2.24) is 15.0 Å². The first-order chi connectivity index (χ1) is 15.5. The maximum absolute atomic E-state index is 14.0. The quantitative estimate of drug-likeness (QED) is 0.294. The molecule has 0 unspecified atom stereocenters. The molecule has 33 heavy (non-hydrogen) atoms. The van der Waals surface area contributed by atoms with Crippen LogP contribution in [0.15, 0.2) is 4.52 Å². The minimum absolute atomic E-state index is 0.121. The molecular weight excluding hydrogens is 467 g/mol. The van der Waals surface area contributed by atoms with Crippen molar-refractivity contribution >= 4 is 28.9 Å². The van der Waals surface area contributed by atoms with E-state index < -0.39 is 34.8 Å². The van der Waals surface area contributed by atoms with E-state index in [1.807, 2.05) is 0 Å². The molecule has 2 aliphatic rings. The number of aromatic nitrogens is 1. The molecule has 12 heteroatoms. The van der Waals surface area contributed by atoms with Crippen LogP contribution in [0, 0.1) is 48.3 Å². The number of halogens is 5. The van der Waals surface area contributed by atoms with Crippen LogP contribution in [0.1, 0.15) is 41.1 Å². The Kier molecular flexibility index (Phi) is 6.06. The van der Waals surface area contributed by atoms with Crippen LogP contribution in [0.4, 0.5) is 27.6 Å². The van der Waals surface area contributed by atoms with Crippen molar-refractivity contribution in [2.75, 3.05) is 31.5 Å². The molecule has 2 aliphatic heterocycles. The molecule has 4 rings (SSSR count). The SMILES string of the molecule is Cc1noc(C)c1C(=O)N1CCC2(CC1)CCN(C(=S)Nc1c(F)c(F)c(F)c(F)c1F)C2. The number of nitrogens with one attached hydrogen (secondary N) is 1. The van der Waals surface area contributed by atoms with E-state index in [0.29, 0.717) is 56.0 Å². The fourth-order valence-electron chi connectivity index (χ4n) is 4.55. The van der Waals surface area contributed by atoms with E-state index in [2.05, 4.69) is 10.5 Å². The number of nitrogens with zero attached hydrogens (tertiary/aromatic N) is 3. The van der Waals surface area contributed by atoms with Gasteiger partial charge >= 0.3 is 0 Å². The molecule has 0 aliphatic carbocycles. The standard InChI is InChI=1S/C21H21F5N4O2S/c1-10-12(11(2)32-28-10)19(31)29-6-3-21(4-7-29)5-8-30(9-21)20(33)27-18-16(25)14(23)13(22)15(24)17(18)26/h3-9H2,1-2H3,(H,27,33). The Balaban J connectivity index is 1.40. The Labute approximate surface area is 191 Å². The van der Waals surface area contributed by atoms with Gasteiger partial charge in [-0.15, -0.1) is 0 Å². The monoisotopic (exact) mass is 488 g/mol. The topological polar surface area (TPSA) is 61.6 Å². The molecule has 2 aromatic rings. The average molecular weight is 488 g/mol. The molecule has 0 bridgehead atoms. The number of carbonyl (C=O) groups is 1. The van der Waals surface area contributed by atoms with Gasteiger partial charge < -0.3 is 19.6 Å². The van der Waals surface area contributed by atoms with E-state index in [9.17, 15) is 26.7 Å². The smallest absolute Gasteiger partial charge is 0.259 e. The molecule has 0 radical (unpaired) electrons. The summed E-state index contributed by atoms with van der Waals surface area (Å²) < 4.78 is 73.2. The molecule has 1 N–H and O–H groups in total. The second-order valence-electron chi connectivity index (χ2n) is 8.54. The molecular formula is C21H21F5N4O2S. The van der Waals surface area contributed by atoms with E-state index >= 15 is 0 Å². The second-order valence-corrected chi connectivity index (χ2v) is 8.92. The third-order valence-corrected chi connectivity index (χ3v) is 6.89. The van der Waals surface area contributed by atoms with Crippen LogP contribution in [0.2, 0.25) is 0 Å². The van der Waals surface area contributed by atoms with E-state index in [1.54, 1.807) is 23.6 Å². The van der Waals surface area contributed by atoms with Gasteiger partial charge in [-0.3, -0.25) is 4.79 Å². The summed E-state index contributed by atoms with van der Waals surface area (Å²) in [6.45, 7) is 5.32. The number of amides is 1. The van der Waals surface area contributed by atoms with Crippen molar-refractivity contribution in [3.05, 3.63) is 46.1 Å². The maximum atomic E-state index is 14.0. The van der Waals surface area contributed by atoms with Gasteiger partial charge in [-0.25, -0.2) is 22.0 Å². The van der Waals surface area contributed by atoms with Gasteiger partial charge in [0.05, 0.1) is 5.69 Å². The molecule has 1 aromatic heterocycles. The molecule has 6 nitrogen and oxygen atoms in total. The van der Waals surface area contributed by atoms with Crippen molar-refractivity contribution in [3.63, 3.8) is 0 Å². The third-order valence-electron chi connectivity index (χ3n) is 6.53. The zero-order valence-electron chi connectivity index (χ0n) is 17.9. The summed E-state index contributed by atoms with van der Waals surface area (Å²) >= 11 is 5.20. The molecule has 1 spiro atoms. The predicted molar refractivity (Wildman–Crippen MR) is 112 cm³/mol. The van der Waals surface area contributed by atoms with E-state index in [1.165, 1.54) is 0 Å². The lowest BCUT2D eigenvalue weighted by molar-refractivity contribution is 0.0597. The summed E-state index contributed by atoms with van der Waals surface area (Å²) in [6, 6.07) is 0. The Morgan fingerprint density at radius 1 is 0.939 bits per heavy atom. The van der Waals surface area contributed by atoms with E-state index in [-0.39, 0.29) is 16.4 Å². The number of rotatable bonds is 2. The Hall–Kier alpha value is -2.76. The van der Waals surface area contributed by atoms with Crippen LogP contribution in [0.3, 0.4) is 0 Å². The molecule has 2 saturated heterocycles. The number of carbonyl (C=O) groups excluding carboxylic acids is 1. The van der Waals surface area contributed by atoms with Gasteiger partial charge in [0.2, 0.25) is 5.82 Å². The van der Waals surface area contributed by atoms with E-state index in [4.69, 9.17) is 16.7 Å². The molecule has 1 amide bonds. The highest BCUT2D eigenvalue weighted by Crippen LogP contribution is 2.41. The molecule has 178 valence electrons. The largest absolute Gasteiger partial charge is 0.361 e. The average Bonchev–Trinajstić information content (AvgIpc) is 3.37. The first-order valence-corrected chi connectivity index (χ1v) is 10.7. The van der Waals surface area contributed by atoms with Crippen molar-refractivity contribution < 1.29 is 31.3 Å². The lowest BCUT2D eigenvalue weighted by atomic mass is 9.77. The summed E-state index contributed by atoms with van der Waals surface area (Å²) in [5, 5.41) is 5.89. The predicted octanol–water partition coefficient (Wildman–Crippen LogP) is 4.31. The zero-order valence-corrected chi connectivity index (χ0v) is 18.7. The number of aryl methyl sites for hydroxylation is 2. The van der Waals surface area contributed by atoms with Gasteiger partial charge in [0.15, 0.2) is 28.4 Å². The third kappa shape index (κ3) is 4.04. The van der Waals surface area contributed by atoms with Gasteiger partial charge in [-0.1, -0.05) is 5.16 Å². The number of thiocarbonyl (C=S) groups is 1. The highest BCUT2D eigenvalue weighted by molar-refractivity contribution is 7.80. The van der Waals surface area contributed by atoms with Crippen molar-refractivity contribution in [3.8, 4) is 0 Å². The van der Waals surface area contributed by atoms with Crippen LogP contribution in [0.25, 0.3) is 0 Å². The van der Waals surface area contributed by atoms with Crippen molar-refractivity contribution in [2.24, 2.45) is 5.41 Å². The van der Waals surface area contributed by atoms with Crippen LogP contribution in [-0.2, 0) is 0 Å². The molecule has 2 fully saturated rings. The molecule has 3 heterocycles. The minimum atomic E-state index is -2.22. The first kappa shape index (κ1) is 23.4. The van der Waals surface area contributed by atoms with Crippen LogP contribution < -0.4 is 5.32 Å². The number of anilines is 1. The Morgan fingerprint density at radius 2 is 1.45 bits per heavy atom. The number of hydrogen-bond acceptors (Lipinski definition) is 4. The fourth-order valence-corrected chi connectivity index (χ4v) is 4.81. The summed E-state index contributed by atoms with van der Waals surface area (Å²) in [6.07, 6.45) is 2.09. The van der Waals surface area contributed by atoms with Crippen molar-refractivity contribution in [1.29, 1.82) is 0 Å². The summed E-state index contributed by atoms with van der Waals surface area (Å²) in [5.41, 5.74) is -0.337. The zero-order chi connectivity index (χ0) is 24.1. The van der Waals surface area contributed by atoms with Gasteiger partial charge in [0, 0.05) is 26.2 Å². The number of piperidine rings is 1. The summed E-state index contributed by atoms with van der Waals surface area (Å²) in [4.78, 5) is 16.2. The normalized spacial score (nSPS) is 17.7. The van der Waals surface area contributed by atoms with Crippen molar-refractivity contribution in [2.45, 2.75) is 33.1 Å². The number of hydrogen-bond donors (Lipinski definition) is 1. The lowest BCUT2D eigenvalue weighted by Gasteiger charge is -2.39. The second kappa shape index (κ2) is 8.54. The highest BCUT2D eigenvalue weighted by Gasteiger charge is 2.43. The highest BCUT2D eigenvalue weighted by atomic mass is 32.1. The summed E-state index contributed by atoms with van der Waals surface area (Å²) in [5.74, 6) is -9.89. The van der Waals surface area contributed by atoms with Crippen LogP contribution >= 0.6 is 12.2 Å². The minimum Gasteiger partial charge on any atom is -0.361 e. The van der Waals surface area contributed by atoms with E-state index in [0.717, 1.165) is 6.42 Å². The first-order valence-electron chi connectivity index (χ1n) is 10.3. The number of likely N-dealkylation sites (tertiary alicyclic amines) is 2. The fraction of sp³-hybridized carbons (Fsp3) is 0.476. The maximum Gasteiger partial charge on any atom is 0.259 e.